The van der Waals surface area contributed by atoms with E-state index in [4.69, 9.17) is 4.42 Å². The van der Waals surface area contributed by atoms with Crippen LogP contribution in [-0.2, 0) is 22.7 Å². The van der Waals surface area contributed by atoms with E-state index < -0.39 is 6.04 Å². The maximum absolute atomic E-state index is 12.5. The number of carbonyl (C=O) groups excluding carboxylic acids is 2. The van der Waals surface area contributed by atoms with E-state index in [1.807, 2.05) is 29.3 Å². The fraction of sp³-hybridized carbons (Fsp3) is 0.350. The summed E-state index contributed by atoms with van der Waals surface area (Å²) in [6.07, 6.45) is 4.95. The van der Waals surface area contributed by atoms with Crippen molar-refractivity contribution in [3.63, 3.8) is 0 Å². The molecule has 0 spiro atoms. The number of rotatable bonds is 7. The molecule has 1 aliphatic rings. The third kappa shape index (κ3) is 4.89. The molecular formula is C20H22N6O3S. The molecule has 1 saturated heterocycles. The molecule has 0 bridgehead atoms. The van der Waals surface area contributed by atoms with Crippen molar-refractivity contribution in [3.8, 4) is 10.7 Å². The second-order valence-corrected chi connectivity index (χ2v) is 7.86. The lowest BCUT2D eigenvalue weighted by molar-refractivity contribution is -0.134. The molecule has 30 heavy (non-hydrogen) atoms. The highest BCUT2D eigenvalue weighted by atomic mass is 32.1. The van der Waals surface area contributed by atoms with Gasteiger partial charge in [-0.2, -0.15) is 0 Å². The Balaban J connectivity index is 1.34. The quantitative estimate of drug-likeness (QED) is 0.589. The smallest absolute Gasteiger partial charge is 0.237 e. The number of furan rings is 1. The summed E-state index contributed by atoms with van der Waals surface area (Å²) in [5.41, 5.74) is 1.44. The third-order valence-corrected chi connectivity index (χ3v) is 5.69. The zero-order valence-electron chi connectivity index (χ0n) is 16.5. The molecule has 0 saturated carbocycles. The number of aromatic nitrogens is 3. The van der Waals surface area contributed by atoms with Crippen molar-refractivity contribution in [3.05, 3.63) is 53.3 Å². The predicted molar refractivity (Wildman–Crippen MR) is 110 cm³/mol. The molecule has 4 rings (SSSR count). The summed E-state index contributed by atoms with van der Waals surface area (Å²) in [6.45, 7) is 3.89. The molecule has 156 valence electrons. The summed E-state index contributed by atoms with van der Waals surface area (Å²) in [5, 5.41) is 8.33. The Morgan fingerprint density at radius 3 is 3.07 bits per heavy atom. The maximum atomic E-state index is 12.5. The lowest BCUT2D eigenvalue weighted by atomic mass is 10.1. The van der Waals surface area contributed by atoms with Gasteiger partial charge in [0.05, 0.1) is 37.4 Å². The van der Waals surface area contributed by atoms with E-state index in [-0.39, 0.29) is 18.2 Å². The second-order valence-electron chi connectivity index (χ2n) is 7.01. The average molecular weight is 427 g/mol. The van der Waals surface area contributed by atoms with Crippen LogP contribution >= 0.6 is 11.3 Å². The van der Waals surface area contributed by atoms with Crippen LogP contribution in [0.1, 0.15) is 23.6 Å². The van der Waals surface area contributed by atoms with E-state index in [0.29, 0.717) is 31.9 Å². The van der Waals surface area contributed by atoms with Gasteiger partial charge in [-0.1, -0.05) is 0 Å². The van der Waals surface area contributed by atoms with Crippen LogP contribution in [0.4, 0.5) is 0 Å². The monoisotopic (exact) mass is 426 g/mol. The highest BCUT2D eigenvalue weighted by Crippen LogP contribution is 2.21. The van der Waals surface area contributed by atoms with Gasteiger partial charge in [-0.05, 0) is 19.1 Å². The summed E-state index contributed by atoms with van der Waals surface area (Å²) in [7, 11) is 0. The minimum atomic E-state index is -0.533. The molecule has 0 aliphatic carbocycles. The second kappa shape index (κ2) is 9.14. The van der Waals surface area contributed by atoms with Gasteiger partial charge in [0.15, 0.2) is 0 Å². The number of nitrogens with zero attached hydrogens (tertiary/aromatic N) is 4. The normalized spacial score (nSPS) is 17.0. The van der Waals surface area contributed by atoms with Crippen molar-refractivity contribution in [2.75, 3.05) is 13.1 Å². The number of amides is 2. The van der Waals surface area contributed by atoms with E-state index in [0.717, 1.165) is 22.2 Å². The van der Waals surface area contributed by atoms with E-state index in [2.05, 4.69) is 25.6 Å². The number of piperazine rings is 1. The van der Waals surface area contributed by atoms with Crippen LogP contribution in [0.5, 0.6) is 0 Å². The van der Waals surface area contributed by atoms with Gasteiger partial charge in [-0.25, -0.2) is 4.98 Å². The molecule has 4 heterocycles. The zero-order chi connectivity index (χ0) is 20.9. The zero-order valence-corrected chi connectivity index (χ0v) is 17.3. The van der Waals surface area contributed by atoms with Gasteiger partial charge < -0.3 is 15.1 Å². The van der Waals surface area contributed by atoms with Crippen molar-refractivity contribution in [1.82, 2.24) is 30.5 Å². The largest absolute Gasteiger partial charge is 0.465 e. The van der Waals surface area contributed by atoms with Crippen molar-refractivity contribution in [2.45, 2.75) is 32.5 Å². The van der Waals surface area contributed by atoms with Gasteiger partial charge in [0.2, 0.25) is 11.8 Å². The molecule has 9 nitrogen and oxygen atoms in total. The summed E-state index contributed by atoms with van der Waals surface area (Å²) in [4.78, 5) is 39.6. The topological polar surface area (TPSA) is 113 Å². The highest BCUT2D eigenvalue weighted by molar-refractivity contribution is 7.13. The van der Waals surface area contributed by atoms with Crippen molar-refractivity contribution >= 4 is 23.2 Å². The number of hydrogen-bond donors (Lipinski definition) is 2. The molecule has 3 aromatic heterocycles. The van der Waals surface area contributed by atoms with Crippen molar-refractivity contribution in [1.29, 1.82) is 0 Å². The van der Waals surface area contributed by atoms with Gasteiger partial charge >= 0.3 is 0 Å². The first-order valence-electron chi connectivity index (χ1n) is 9.63. The number of thiazole rings is 1. The molecule has 1 unspecified atom stereocenters. The SMILES string of the molecule is Cc1ccc(CN2CCNC(=O)C2CC(=O)NCc2csc(-c3cnccn3)n2)o1. The van der Waals surface area contributed by atoms with E-state index in [1.54, 1.807) is 18.6 Å². The summed E-state index contributed by atoms with van der Waals surface area (Å²) in [5.74, 6) is 1.27. The Hall–Kier alpha value is -3.11. The van der Waals surface area contributed by atoms with Crippen LogP contribution in [0.3, 0.4) is 0 Å². The van der Waals surface area contributed by atoms with Gasteiger partial charge in [0.25, 0.3) is 0 Å². The molecule has 0 radical (unpaired) electrons. The van der Waals surface area contributed by atoms with Crippen LogP contribution < -0.4 is 10.6 Å². The first-order chi connectivity index (χ1) is 14.6. The average Bonchev–Trinajstić information content (AvgIpc) is 3.39. The highest BCUT2D eigenvalue weighted by Gasteiger charge is 2.32. The summed E-state index contributed by atoms with van der Waals surface area (Å²) < 4.78 is 5.63. The number of nitrogens with one attached hydrogen (secondary N) is 2. The van der Waals surface area contributed by atoms with Gasteiger partial charge in [0, 0.05) is 30.9 Å². The van der Waals surface area contributed by atoms with Crippen molar-refractivity contribution in [2.24, 2.45) is 0 Å². The molecule has 0 aromatic carbocycles. The first kappa shape index (κ1) is 20.2. The number of aryl methyl sites for hydroxylation is 1. The first-order valence-corrected chi connectivity index (χ1v) is 10.5. The molecule has 2 N–H and O–H groups in total. The lowest BCUT2D eigenvalue weighted by Gasteiger charge is -2.34. The van der Waals surface area contributed by atoms with Crippen LogP contribution in [0.15, 0.2) is 40.5 Å². The van der Waals surface area contributed by atoms with Crippen LogP contribution in [0.25, 0.3) is 10.7 Å². The minimum Gasteiger partial charge on any atom is -0.465 e. The third-order valence-electron chi connectivity index (χ3n) is 4.78. The van der Waals surface area contributed by atoms with Crippen LogP contribution in [0, 0.1) is 6.92 Å². The van der Waals surface area contributed by atoms with E-state index >= 15 is 0 Å². The molecular weight excluding hydrogens is 404 g/mol. The summed E-state index contributed by atoms with van der Waals surface area (Å²) in [6, 6.07) is 3.26. The fourth-order valence-electron chi connectivity index (χ4n) is 3.30. The Morgan fingerprint density at radius 1 is 1.40 bits per heavy atom. The van der Waals surface area contributed by atoms with Gasteiger partial charge in [-0.3, -0.25) is 24.5 Å². The Morgan fingerprint density at radius 2 is 2.30 bits per heavy atom. The summed E-state index contributed by atoms with van der Waals surface area (Å²) >= 11 is 1.45. The van der Waals surface area contributed by atoms with Crippen LogP contribution in [0.2, 0.25) is 0 Å². The van der Waals surface area contributed by atoms with Crippen LogP contribution in [-0.4, -0.2) is 50.8 Å². The van der Waals surface area contributed by atoms with Crippen molar-refractivity contribution < 1.29 is 14.0 Å². The van der Waals surface area contributed by atoms with Gasteiger partial charge in [0.1, 0.15) is 22.2 Å². The lowest BCUT2D eigenvalue weighted by Crippen LogP contribution is -2.56. The Bertz CT molecular complexity index is 1020. The molecule has 1 aliphatic heterocycles. The van der Waals surface area contributed by atoms with Gasteiger partial charge in [-0.15, -0.1) is 11.3 Å². The standard InChI is InChI=1S/C20H22N6O3S/c1-13-2-3-15(29-13)11-26-7-6-23-19(28)17(26)8-18(27)24-9-14-12-30-20(25-14)16-10-21-4-5-22-16/h2-5,10,12,17H,6-9,11H2,1H3,(H,23,28)(H,24,27). The van der Waals surface area contributed by atoms with E-state index in [1.165, 1.54) is 11.3 Å². The molecule has 2 amide bonds. The number of hydrogen-bond acceptors (Lipinski definition) is 8. The number of carbonyl (C=O) groups is 2. The molecule has 10 heteroatoms. The fourth-order valence-corrected chi connectivity index (χ4v) is 4.08. The Kier molecular flexibility index (Phi) is 6.15. The van der Waals surface area contributed by atoms with E-state index in [9.17, 15) is 9.59 Å². The maximum Gasteiger partial charge on any atom is 0.237 e. The molecule has 3 aromatic rings. The Labute approximate surface area is 177 Å². The predicted octanol–water partition coefficient (Wildman–Crippen LogP) is 1.51. The molecule has 1 atom stereocenters. The minimum absolute atomic E-state index is 0.0761. The molecule has 1 fully saturated rings.